The number of halogens is 1. The maximum Gasteiger partial charge on any atom is 0.243 e. The Labute approximate surface area is 188 Å². The van der Waals surface area contributed by atoms with Gasteiger partial charge in [-0.1, -0.05) is 24.6 Å². The van der Waals surface area contributed by atoms with Crippen LogP contribution in [-0.4, -0.2) is 49.8 Å². The average molecular weight is 461 g/mol. The van der Waals surface area contributed by atoms with Gasteiger partial charge in [0, 0.05) is 30.3 Å². The fourth-order valence-electron chi connectivity index (χ4n) is 3.01. The fourth-order valence-corrected chi connectivity index (χ4v) is 3.66. The molecule has 0 saturated carbocycles. The van der Waals surface area contributed by atoms with Crippen LogP contribution in [0.5, 0.6) is 11.5 Å². The molecule has 1 aromatic carbocycles. The van der Waals surface area contributed by atoms with Crippen LogP contribution in [0, 0.1) is 0 Å². The van der Waals surface area contributed by atoms with Crippen molar-refractivity contribution in [1.82, 2.24) is 24.8 Å². The van der Waals surface area contributed by atoms with Crippen molar-refractivity contribution in [2.45, 2.75) is 24.8 Å². The number of thioether (sulfide) groups is 1. The highest BCUT2D eigenvalue weighted by molar-refractivity contribution is 7.99. The molecule has 0 radical (unpaired) electrons. The number of aromatic nitrogens is 4. The molecule has 9 nitrogen and oxygen atoms in total. The van der Waals surface area contributed by atoms with Crippen LogP contribution in [0.15, 0.2) is 43.0 Å². The lowest BCUT2D eigenvalue weighted by Crippen LogP contribution is -2.45. The van der Waals surface area contributed by atoms with Gasteiger partial charge in [-0.3, -0.25) is 9.36 Å². The molecule has 1 amide bonds. The maximum atomic E-state index is 13.0. The third kappa shape index (κ3) is 5.02. The van der Waals surface area contributed by atoms with Crippen molar-refractivity contribution in [3.8, 4) is 17.4 Å². The molecule has 162 valence electrons. The van der Waals surface area contributed by atoms with Gasteiger partial charge in [-0.25, -0.2) is 9.97 Å². The van der Waals surface area contributed by atoms with Crippen molar-refractivity contribution in [3.63, 3.8) is 0 Å². The second kappa shape index (κ2) is 9.44. The van der Waals surface area contributed by atoms with E-state index >= 15 is 0 Å². The summed E-state index contributed by atoms with van der Waals surface area (Å²) >= 11 is 7.75. The molecule has 0 spiro atoms. The Morgan fingerprint density at radius 1 is 1.29 bits per heavy atom. The van der Waals surface area contributed by atoms with E-state index in [2.05, 4.69) is 25.6 Å². The van der Waals surface area contributed by atoms with E-state index in [-0.39, 0.29) is 23.1 Å². The summed E-state index contributed by atoms with van der Waals surface area (Å²) in [5.74, 6) is 2.05. The summed E-state index contributed by atoms with van der Waals surface area (Å²) in [5, 5.41) is 6.42. The first kappa shape index (κ1) is 21.3. The van der Waals surface area contributed by atoms with Crippen molar-refractivity contribution in [2.24, 2.45) is 0 Å². The molecule has 4 rings (SSSR count). The monoisotopic (exact) mass is 460 g/mol. The van der Waals surface area contributed by atoms with Crippen molar-refractivity contribution in [1.29, 1.82) is 0 Å². The molecule has 0 bridgehead atoms. The number of nitrogens with zero attached hydrogens (tertiary/aromatic N) is 4. The Kier molecular flexibility index (Phi) is 6.47. The lowest BCUT2D eigenvalue weighted by atomic mass is 10.1. The number of amides is 1. The lowest BCUT2D eigenvalue weighted by Gasteiger charge is -2.24. The zero-order valence-electron chi connectivity index (χ0n) is 16.9. The van der Waals surface area contributed by atoms with E-state index in [0.717, 1.165) is 5.56 Å². The summed E-state index contributed by atoms with van der Waals surface area (Å²) in [5.41, 5.74) is 0.917. The van der Waals surface area contributed by atoms with E-state index in [0.29, 0.717) is 29.8 Å². The van der Waals surface area contributed by atoms with Gasteiger partial charge in [-0.2, -0.15) is 16.7 Å². The first-order chi connectivity index (χ1) is 15.0. The Morgan fingerprint density at radius 3 is 2.90 bits per heavy atom. The normalized spacial score (nSPS) is 14.2. The number of nitrogens with one attached hydrogen (secondary N) is 2. The quantitative estimate of drug-likeness (QED) is 0.494. The smallest absolute Gasteiger partial charge is 0.243 e. The van der Waals surface area contributed by atoms with Gasteiger partial charge in [0.2, 0.25) is 18.6 Å². The van der Waals surface area contributed by atoms with Crippen LogP contribution >= 0.6 is 23.4 Å². The molecule has 11 heteroatoms. The van der Waals surface area contributed by atoms with Crippen molar-refractivity contribution >= 4 is 35.1 Å². The Hall–Kier alpha value is -2.98. The molecule has 0 fully saturated rings. The molecule has 0 aliphatic carbocycles. The summed E-state index contributed by atoms with van der Waals surface area (Å²) in [6, 6.07) is 6.66. The third-order valence-corrected chi connectivity index (χ3v) is 5.96. The SMILES string of the molecule is CSC(C)C(Nc1cc(Cl)nc(-n2ccnc2)n1)C(=O)NCc1ccc2c(c1)OCO2. The number of imidazole rings is 1. The standard InChI is InChI=1S/C20H21ClN6O3S/c1-12(31-2)18(19(28)23-9-13-3-4-14-15(7-13)30-11-29-14)25-17-8-16(21)24-20(26-17)27-6-5-22-10-27/h3-8,10,12,18H,9,11H2,1-2H3,(H,23,28)(H,24,25,26). The second-order valence-corrected chi connectivity index (χ2v) is 8.42. The number of ether oxygens (including phenoxy) is 2. The van der Waals surface area contributed by atoms with Gasteiger partial charge in [-0.05, 0) is 24.0 Å². The highest BCUT2D eigenvalue weighted by atomic mass is 35.5. The number of benzene rings is 1. The minimum atomic E-state index is -0.536. The number of hydrogen-bond donors (Lipinski definition) is 2. The third-order valence-electron chi connectivity index (χ3n) is 4.75. The topological polar surface area (TPSA) is 103 Å². The molecule has 3 heterocycles. The first-order valence-corrected chi connectivity index (χ1v) is 11.2. The maximum absolute atomic E-state index is 13.0. The van der Waals surface area contributed by atoms with Crippen LogP contribution < -0.4 is 20.1 Å². The number of carbonyl (C=O) groups is 1. The zero-order chi connectivity index (χ0) is 21.8. The summed E-state index contributed by atoms with van der Waals surface area (Å²) < 4.78 is 12.4. The van der Waals surface area contributed by atoms with Crippen LogP contribution in [0.2, 0.25) is 5.15 Å². The van der Waals surface area contributed by atoms with Crippen LogP contribution in [-0.2, 0) is 11.3 Å². The van der Waals surface area contributed by atoms with Crippen LogP contribution in [0.3, 0.4) is 0 Å². The molecule has 1 aliphatic rings. The summed E-state index contributed by atoms with van der Waals surface area (Å²) in [6.07, 6.45) is 6.87. The molecule has 2 aromatic heterocycles. The predicted molar refractivity (Wildman–Crippen MR) is 119 cm³/mol. The summed E-state index contributed by atoms with van der Waals surface area (Å²) in [6.45, 7) is 2.55. The molecular weight excluding hydrogens is 440 g/mol. The number of carbonyl (C=O) groups excluding carboxylic acids is 1. The summed E-state index contributed by atoms with van der Waals surface area (Å²) in [4.78, 5) is 25.7. The van der Waals surface area contributed by atoms with Crippen molar-refractivity contribution in [3.05, 3.63) is 53.7 Å². The van der Waals surface area contributed by atoms with Crippen molar-refractivity contribution in [2.75, 3.05) is 18.4 Å². The minimum Gasteiger partial charge on any atom is -0.454 e. The minimum absolute atomic E-state index is 0.0258. The second-order valence-electron chi connectivity index (χ2n) is 6.81. The summed E-state index contributed by atoms with van der Waals surface area (Å²) in [7, 11) is 0. The first-order valence-electron chi connectivity index (χ1n) is 9.52. The molecule has 2 unspecified atom stereocenters. The van der Waals surface area contributed by atoms with Gasteiger partial charge in [0.1, 0.15) is 23.3 Å². The van der Waals surface area contributed by atoms with Gasteiger partial charge >= 0.3 is 0 Å². The number of rotatable bonds is 8. The highest BCUT2D eigenvalue weighted by Crippen LogP contribution is 2.32. The van der Waals surface area contributed by atoms with Crippen LogP contribution in [0.1, 0.15) is 12.5 Å². The Morgan fingerprint density at radius 2 is 2.13 bits per heavy atom. The van der Waals surface area contributed by atoms with E-state index < -0.39 is 6.04 Å². The van der Waals surface area contributed by atoms with E-state index in [4.69, 9.17) is 21.1 Å². The van der Waals surface area contributed by atoms with Crippen LogP contribution in [0.4, 0.5) is 5.82 Å². The molecular formula is C20H21ClN6O3S. The molecule has 1 aliphatic heterocycles. The largest absolute Gasteiger partial charge is 0.454 e. The van der Waals surface area contributed by atoms with E-state index in [1.54, 1.807) is 41.1 Å². The van der Waals surface area contributed by atoms with E-state index in [9.17, 15) is 4.79 Å². The Balaban J connectivity index is 1.48. The average Bonchev–Trinajstić information content (AvgIpc) is 3.46. The van der Waals surface area contributed by atoms with Crippen LogP contribution in [0.25, 0.3) is 5.95 Å². The highest BCUT2D eigenvalue weighted by Gasteiger charge is 2.25. The number of anilines is 1. The van der Waals surface area contributed by atoms with Gasteiger partial charge in [0.05, 0.1) is 0 Å². The van der Waals surface area contributed by atoms with Crippen molar-refractivity contribution < 1.29 is 14.3 Å². The predicted octanol–water partition coefficient (Wildman–Crippen LogP) is 2.89. The zero-order valence-corrected chi connectivity index (χ0v) is 18.5. The Bertz CT molecular complexity index is 1070. The lowest BCUT2D eigenvalue weighted by molar-refractivity contribution is -0.121. The van der Waals surface area contributed by atoms with Gasteiger partial charge in [-0.15, -0.1) is 0 Å². The van der Waals surface area contributed by atoms with Gasteiger partial charge in [0.15, 0.2) is 11.5 Å². The number of fused-ring (bicyclic) bond motifs is 1. The number of hydrogen-bond acceptors (Lipinski definition) is 8. The molecule has 0 saturated heterocycles. The van der Waals surface area contributed by atoms with E-state index in [1.807, 2.05) is 31.4 Å². The molecule has 3 aromatic rings. The fraction of sp³-hybridized carbons (Fsp3) is 0.300. The molecule has 2 atom stereocenters. The van der Waals surface area contributed by atoms with Gasteiger partial charge in [0.25, 0.3) is 0 Å². The van der Waals surface area contributed by atoms with Gasteiger partial charge < -0.3 is 20.1 Å². The molecule has 31 heavy (non-hydrogen) atoms. The molecule has 2 N–H and O–H groups in total. The van der Waals surface area contributed by atoms with E-state index in [1.165, 1.54) is 0 Å².